The zero-order valence-corrected chi connectivity index (χ0v) is 18.0. The minimum atomic E-state index is -0.306. The first-order chi connectivity index (χ1) is 12.7. The zero-order chi connectivity index (χ0) is 19.4. The van der Waals surface area contributed by atoms with Gasteiger partial charge >= 0.3 is 0 Å². The fraction of sp³-hybridized carbons (Fsp3) is 1.00. The van der Waals surface area contributed by atoms with Gasteiger partial charge in [-0.15, -0.1) is 0 Å². The highest BCUT2D eigenvalue weighted by atomic mass is 16.3. The second-order valence-electron chi connectivity index (χ2n) is 11.7. The topological polar surface area (TPSA) is 49.7 Å². The molecule has 0 radical (unpaired) electrons. The molecule has 0 saturated heterocycles. The van der Waals surface area contributed by atoms with Gasteiger partial charge in [0.1, 0.15) is 5.54 Å². The Bertz CT molecular complexity index is 577. The molecule has 0 spiro atoms. The molecule has 0 aliphatic heterocycles. The molecular formula is C24H41NO2. The number of hydrogen-bond donors (Lipinski definition) is 1. The van der Waals surface area contributed by atoms with E-state index in [0.717, 1.165) is 42.9 Å². The maximum absolute atomic E-state index is 11.4. The summed E-state index contributed by atoms with van der Waals surface area (Å²) in [6.07, 6.45) is 13.5. The van der Waals surface area contributed by atoms with Crippen molar-refractivity contribution in [1.82, 2.24) is 0 Å². The van der Waals surface area contributed by atoms with Crippen LogP contribution >= 0.6 is 0 Å². The van der Waals surface area contributed by atoms with Crippen LogP contribution in [-0.2, 0) is 0 Å². The Balaban J connectivity index is 1.52. The normalized spacial score (nSPS) is 53.1. The largest absolute Gasteiger partial charge is 0.393 e. The van der Waals surface area contributed by atoms with Crippen LogP contribution in [0.1, 0.15) is 98.3 Å². The Morgan fingerprint density at radius 1 is 0.963 bits per heavy atom. The van der Waals surface area contributed by atoms with Gasteiger partial charge in [-0.2, -0.15) is 4.91 Å². The lowest BCUT2D eigenvalue weighted by molar-refractivity contribution is -0.120. The quantitative estimate of drug-likeness (QED) is 0.583. The predicted molar refractivity (Wildman–Crippen MR) is 110 cm³/mol. The molecular weight excluding hydrogens is 334 g/mol. The maximum atomic E-state index is 11.4. The molecule has 4 rings (SSSR count). The summed E-state index contributed by atoms with van der Waals surface area (Å²) in [5, 5.41) is 13.3. The Hall–Kier alpha value is -0.440. The van der Waals surface area contributed by atoms with Crippen molar-refractivity contribution in [2.75, 3.05) is 0 Å². The van der Waals surface area contributed by atoms with E-state index >= 15 is 0 Å². The third kappa shape index (κ3) is 3.11. The van der Waals surface area contributed by atoms with Crippen molar-refractivity contribution >= 4 is 0 Å². The van der Waals surface area contributed by atoms with E-state index in [0.29, 0.717) is 16.7 Å². The number of nitroso groups, excluding NO2 is 1. The smallest absolute Gasteiger partial charge is 0.100 e. The maximum Gasteiger partial charge on any atom is 0.100 e. The highest BCUT2D eigenvalue weighted by molar-refractivity contribution is 5.11. The van der Waals surface area contributed by atoms with Gasteiger partial charge in [0.25, 0.3) is 0 Å². The van der Waals surface area contributed by atoms with Crippen LogP contribution in [0.25, 0.3) is 0 Å². The molecule has 4 fully saturated rings. The lowest BCUT2D eigenvalue weighted by atomic mass is 9.43. The van der Waals surface area contributed by atoms with E-state index in [1.807, 2.05) is 6.92 Å². The summed E-state index contributed by atoms with van der Waals surface area (Å²) in [7, 11) is 0. The standard InChI is InChI=1S/C24H41NO2/c1-16(26)5-6-17-8-10-20-19-9-7-18-15-22(2,25-27)13-14-24(18,4)21(19)11-12-23(17,20)3/h16-21,26H,5-15H2,1-4H3/t16?,17?,18?,19?,20?,21?,22-,23?,24?/m0/s1. The highest BCUT2D eigenvalue weighted by Gasteiger charge is 2.60. The number of aliphatic hydroxyl groups excluding tert-OH is 1. The van der Waals surface area contributed by atoms with Gasteiger partial charge < -0.3 is 5.11 Å². The van der Waals surface area contributed by atoms with Crippen LogP contribution < -0.4 is 0 Å². The van der Waals surface area contributed by atoms with E-state index in [2.05, 4.69) is 25.9 Å². The van der Waals surface area contributed by atoms with Gasteiger partial charge in [-0.1, -0.05) is 19.0 Å². The van der Waals surface area contributed by atoms with Gasteiger partial charge in [-0.3, -0.25) is 0 Å². The molecule has 27 heavy (non-hydrogen) atoms. The van der Waals surface area contributed by atoms with Crippen LogP contribution in [0.4, 0.5) is 0 Å². The Morgan fingerprint density at radius 3 is 2.41 bits per heavy atom. The van der Waals surface area contributed by atoms with E-state index in [1.165, 1.54) is 51.4 Å². The van der Waals surface area contributed by atoms with Crippen molar-refractivity contribution in [1.29, 1.82) is 0 Å². The molecule has 154 valence electrons. The van der Waals surface area contributed by atoms with E-state index < -0.39 is 0 Å². The summed E-state index contributed by atoms with van der Waals surface area (Å²) >= 11 is 0. The molecule has 0 aromatic heterocycles. The summed E-state index contributed by atoms with van der Waals surface area (Å²) in [5.74, 6) is 4.17. The molecule has 0 bridgehead atoms. The summed E-state index contributed by atoms with van der Waals surface area (Å²) < 4.78 is 0. The molecule has 3 heteroatoms. The third-order valence-corrected chi connectivity index (χ3v) is 10.3. The van der Waals surface area contributed by atoms with Crippen LogP contribution in [0, 0.1) is 45.3 Å². The van der Waals surface area contributed by atoms with Crippen LogP contribution in [-0.4, -0.2) is 16.7 Å². The van der Waals surface area contributed by atoms with Crippen LogP contribution in [0.15, 0.2) is 5.18 Å². The number of fused-ring (bicyclic) bond motifs is 5. The fourth-order valence-electron chi connectivity index (χ4n) is 8.54. The SMILES string of the molecule is CC(O)CCC1CCC2C3CCC4C[C@@](C)(N=O)CCC4(C)C3CCC12C. The van der Waals surface area contributed by atoms with Crippen molar-refractivity contribution in [2.24, 2.45) is 45.6 Å². The van der Waals surface area contributed by atoms with Crippen LogP contribution in [0.2, 0.25) is 0 Å². The molecule has 8 unspecified atom stereocenters. The fourth-order valence-corrected chi connectivity index (χ4v) is 8.54. The highest BCUT2D eigenvalue weighted by Crippen LogP contribution is 2.68. The monoisotopic (exact) mass is 375 g/mol. The first kappa shape index (κ1) is 19.9. The van der Waals surface area contributed by atoms with Gasteiger partial charge in [0.2, 0.25) is 0 Å². The summed E-state index contributed by atoms with van der Waals surface area (Å²) in [6, 6.07) is 0. The number of nitrogens with zero attached hydrogens (tertiary/aromatic N) is 1. The summed E-state index contributed by atoms with van der Waals surface area (Å²) in [6.45, 7) is 9.20. The molecule has 3 nitrogen and oxygen atoms in total. The molecule has 4 aliphatic rings. The van der Waals surface area contributed by atoms with E-state index in [4.69, 9.17) is 0 Å². The molecule has 9 atom stereocenters. The van der Waals surface area contributed by atoms with Crippen molar-refractivity contribution in [3.63, 3.8) is 0 Å². The predicted octanol–water partition coefficient (Wildman–Crippen LogP) is 6.33. The molecule has 0 aromatic rings. The number of hydrogen-bond acceptors (Lipinski definition) is 3. The second-order valence-corrected chi connectivity index (χ2v) is 11.7. The molecule has 4 saturated carbocycles. The van der Waals surface area contributed by atoms with Crippen molar-refractivity contribution in [2.45, 2.75) is 110 Å². The molecule has 0 heterocycles. The summed E-state index contributed by atoms with van der Waals surface area (Å²) in [5.41, 5.74) is 0.637. The van der Waals surface area contributed by atoms with E-state index in [1.54, 1.807) is 0 Å². The second kappa shape index (κ2) is 6.82. The Kier molecular flexibility index (Phi) is 5.01. The third-order valence-electron chi connectivity index (χ3n) is 10.3. The van der Waals surface area contributed by atoms with Crippen molar-refractivity contribution in [3.8, 4) is 0 Å². The van der Waals surface area contributed by atoms with E-state index in [9.17, 15) is 10.0 Å². The summed E-state index contributed by atoms with van der Waals surface area (Å²) in [4.78, 5) is 11.4. The van der Waals surface area contributed by atoms with E-state index in [-0.39, 0.29) is 11.6 Å². The first-order valence-corrected chi connectivity index (χ1v) is 11.7. The van der Waals surface area contributed by atoms with Crippen LogP contribution in [0.3, 0.4) is 0 Å². The molecule has 0 amide bonds. The van der Waals surface area contributed by atoms with Gasteiger partial charge in [0.15, 0.2) is 0 Å². The van der Waals surface area contributed by atoms with Gasteiger partial charge in [0.05, 0.1) is 6.10 Å². The lowest BCUT2D eigenvalue weighted by Crippen LogP contribution is -2.55. The zero-order valence-electron chi connectivity index (χ0n) is 18.0. The Labute approximate surface area is 166 Å². The van der Waals surface area contributed by atoms with Gasteiger partial charge in [0, 0.05) is 0 Å². The van der Waals surface area contributed by atoms with Crippen molar-refractivity contribution < 1.29 is 5.11 Å². The number of rotatable bonds is 4. The Morgan fingerprint density at radius 2 is 1.70 bits per heavy atom. The van der Waals surface area contributed by atoms with Gasteiger partial charge in [-0.25, -0.2) is 0 Å². The molecule has 0 aromatic carbocycles. The minimum Gasteiger partial charge on any atom is -0.393 e. The van der Waals surface area contributed by atoms with Gasteiger partial charge in [-0.05, 0) is 125 Å². The molecule has 1 N–H and O–H groups in total. The minimum absolute atomic E-state index is 0.152. The van der Waals surface area contributed by atoms with Crippen molar-refractivity contribution in [3.05, 3.63) is 4.91 Å². The lowest BCUT2D eigenvalue weighted by Gasteiger charge is -2.61. The average molecular weight is 376 g/mol. The first-order valence-electron chi connectivity index (χ1n) is 11.7. The average Bonchev–Trinajstić information content (AvgIpc) is 2.97. The van der Waals surface area contributed by atoms with Crippen LogP contribution in [0.5, 0.6) is 0 Å². The molecule has 4 aliphatic carbocycles. The number of aliphatic hydroxyl groups is 1.